The fraction of sp³-hybridized carbons (Fsp3) is 0.250. The molecule has 0 N–H and O–H groups in total. The van der Waals surface area contributed by atoms with Gasteiger partial charge >= 0.3 is 5.97 Å². The van der Waals surface area contributed by atoms with Crippen LogP contribution in [0, 0.1) is 18.3 Å². The summed E-state index contributed by atoms with van der Waals surface area (Å²) in [7, 11) is 1.32. The molecule has 1 heterocycles. The lowest BCUT2D eigenvalue weighted by Crippen LogP contribution is -2.06. The van der Waals surface area contributed by atoms with Crippen LogP contribution in [0.25, 0.3) is 6.08 Å². The Bertz CT molecular complexity index is 459. The molecule has 0 unspecified atom stereocenters. The van der Waals surface area contributed by atoms with Gasteiger partial charge in [0.15, 0.2) is 5.69 Å². The summed E-state index contributed by atoms with van der Waals surface area (Å²) >= 11 is 0. The Morgan fingerprint density at radius 3 is 3.00 bits per heavy atom. The van der Waals surface area contributed by atoms with Gasteiger partial charge in [-0.05, 0) is 24.1 Å². The maximum Gasteiger partial charge on any atom is 0.356 e. The molecule has 1 rings (SSSR count). The lowest BCUT2D eigenvalue weighted by molar-refractivity contribution is 0.0593. The first-order chi connectivity index (χ1) is 7.69. The van der Waals surface area contributed by atoms with Crippen LogP contribution in [0.4, 0.5) is 0 Å². The number of pyridine rings is 1. The molecule has 1 aromatic rings. The van der Waals surface area contributed by atoms with Gasteiger partial charge in [-0.15, -0.1) is 0 Å². The zero-order valence-electron chi connectivity index (χ0n) is 9.23. The zero-order chi connectivity index (χ0) is 12.0. The van der Waals surface area contributed by atoms with E-state index in [2.05, 4.69) is 9.72 Å². The van der Waals surface area contributed by atoms with Crippen molar-refractivity contribution in [2.45, 2.75) is 13.3 Å². The van der Waals surface area contributed by atoms with Crippen molar-refractivity contribution in [1.82, 2.24) is 4.98 Å². The highest BCUT2D eigenvalue weighted by molar-refractivity contribution is 5.88. The van der Waals surface area contributed by atoms with E-state index in [0.29, 0.717) is 12.1 Å². The maximum absolute atomic E-state index is 11.3. The number of methoxy groups -OCH3 is 1. The van der Waals surface area contributed by atoms with Crippen molar-refractivity contribution >= 4 is 12.0 Å². The molecule has 0 spiro atoms. The van der Waals surface area contributed by atoms with Gasteiger partial charge in [0, 0.05) is 6.20 Å². The smallest absolute Gasteiger partial charge is 0.356 e. The van der Waals surface area contributed by atoms with Gasteiger partial charge in [0.05, 0.1) is 19.6 Å². The predicted molar refractivity (Wildman–Crippen MR) is 59.6 cm³/mol. The number of hydrogen-bond donors (Lipinski definition) is 0. The van der Waals surface area contributed by atoms with Gasteiger partial charge in [0.1, 0.15) is 0 Å². The molecule has 0 aliphatic carbocycles. The number of esters is 1. The molecule has 4 nitrogen and oxygen atoms in total. The average Bonchev–Trinajstić information content (AvgIpc) is 2.29. The number of hydrogen-bond acceptors (Lipinski definition) is 4. The Labute approximate surface area is 94.2 Å². The van der Waals surface area contributed by atoms with E-state index in [9.17, 15) is 4.79 Å². The fourth-order valence-corrected chi connectivity index (χ4v) is 1.25. The number of carbonyl (C=O) groups is 1. The van der Waals surface area contributed by atoms with Crippen molar-refractivity contribution < 1.29 is 9.53 Å². The van der Waals surface area contributed by atoms with Crippen molar-refractivity contribution in [1.29, 1.82) is 5.26 Å². The van der Waals surface area contributed by atoms with Crippen LogP contribution in [0.15, 0.2) is 18.3 Å². The number of nitrogens with zero attached hydrogens (tertiary/aromatic N) is 2. The average molecular weight is 216 g/mol. The number of ether oxygens (including phenoxy) is 1. The summed E-state index contributed by atoms with van der Waals surface area (Å²) in [5.41, 5.74) is 1.94. The SMILES string of the molecule is COC(=O)c1ncc(C=CCC#N)cc1C. The summed E-state index contributed by atoms with van der Waals surface area (Å²) in [6, 6.07) is 3.84. The maximum atomic E-state index is 11.3. The van der Waals surface area contributed by atoms with Crippen LogP contribution < -0.4 is 0 Å². The molecule has 4 heteroatoms. The summed E-state index contributed by atoms with van der Waals surface area (Å²) in [4.78, 5) is 15.3. The Morgan fingerprint density at radius 2 is 2.44 bits per heavy atom. The number of carbonyl (C=O) groups excluding carboxylic acids is 1. The van der Waals surface area contributed by atoms with E-state index in [1.807, 2.05) is 12.1 Å². The molecule has 0 radical (unpaired) electrons. The molecule has 0 saturated carbocycles. The molecule has 0 saturated heterocycles. The predicted octanol–water partition coefficient (Wildman–Crippen LogP) is 2.10. The first-order valence-electron chi connectivity index (χ1n) is 4.77. The molecule has 0 atom stereocenters. The van der Waals surface area contributed by atoms with Crippen molar-refractivity contribution in [2.75, 3.05) is 7.11 Å². The third-order valence-electron chi connectivity index (χ3n) is 2.00. The van der Waals surface area contributed by atoms with Crippen molar-refractivity contribution in [2.24, 2.45) is 0 Å². The lowest BCUT2D eigenvalue weighted by Gasteiger charge is -2.03. The Kier molecular flexibility index (Phi) is 4.22. The van der Waals surface area contributed by atoms with Crippen LogP contribution in [0.5, 0.6) is 0 Å². The second-order valence-corrected chi connectivity index (χ2v) is 3.19. The summed E-state index contributed by atoms with van der Waals surface area (Å²) in [6.07, 6.45) is 5.48. The second kappa shape index (κ2) is 5.66. The number of rotatable bonds is 3. The molecule has 0 amide bonds. The van der Waals surface area contributed by atoms with E-state index in [0.717, 1.165) is 11.1 Å². The minimum Gasteiger partial charge on any atom is -0.464 e. The minimum atomic E-state index is -0.440. The number of aryl methyl sites for hydroxylation is 1. The fourth-order valence-electron chi connectivity index (χ4n) is 1.25. The molecule has 1 aromatic heterocycles. The third kappa shape index (κ3) is 2.92. The number of nitriles is 1. The largest absolute Gasteiger partial charge is 0.464 e. The Morgan fingerprint density at radius 1 is 1.69 bits per heavy atom. The second-order valence-electron chi connectivity index (χ2n) is 3.19. The van der Waals surface area contributed by atoms with E-state index >= 15 is 0 Å². The number of aromatic nitrogens is 1. The van der Waals surface area contributed by atoms with Crippen LogP contribution in [-0.4, -0.2) is 18.1 Å². The number of allylic oxidation sites excluding steroid dienone is 1. The molecular weight excluding hydrogens is 204 g/mol. The van der Waals surface area contributed by atoms with Gasteiger partial charge < -0.3 is 4.74 Å². The molecule has 16 heavy (non-hydrogen) atoms. The van der Waals surface area contributed by atoms with Gasteiger partial charge in [0.2, 0.25) is 0 Å². The standard InChI is InChI=1S/C12H12N2O2/c1-9-7-10(5-3-4-6-13)8-14-11(9)12(15)16-2/h3,5,7-8H,4H2,1-2H3. The Hall–Kier alpha value is -2.15. The van der Waals surface area contributed by atoms with E-state index in [-0.39, 0.29) is 0 Å². The molecule has 0 aliphatic heterocycles. The van der Waals surface area contributed by atoms with E-state index < -0.39 is 5.97 Å². The summed E-state index contributed by atoms with van der Waals surface area (Å²) in [6.45, 7) is 1.79. The van der Waals surface area contributed by atoms with Gasteiger partial charge in [-0.3, -0.25) is 0 Å². The minimum absolute atomic E-state index is 0.319. The quantitative estimate of drug-likeness (QED) is 0.726. The van der Waals surface area contributed by atoms with Crippen LogP contribution in [0.1, 0.15) is 28.0 Å². The highest BCUT2D eigenvalue weighted by Crippen LogP contribution is 2.10. The van der Waals surface area contributed by atoms with Gasteiger partial charge in [-0.1, -0.05) is 12.2 Å². The first-order valence-corrected chi connectivity index (χ1v) is 4.77. The van der Waals surface area contributed by atoms with Crippen LogP contribution >= 0.6 is 0 Å². The zero-order valence-corrected chi connectivity index (χ0v) is 9.23. The van der Waals surface area contributed by atoms with Gasteiger partial charge in [0.25, 0.3) is 0 Å². The van der Waals surface area contributed by atoms with Crippen molar-refractivity contribution in [3.8, 4) is 6.07 Å². The summed E-state index contributed by atoms with van der Waals surface area (Å²) in [5, 5.41) is 8.37. The van der Waals surface area contributed by atoms with Gasteiger partial charge in [-0.2, -0.15) is 5.26 Å². The third-order valence-corrected chi connectivity index (χ3v) is 2.00. The Balaban J connectivity index is 2.92. The van der Waals surface area contributed by atoms with Crippen LogP contribution in [0.2, 0.25) is 0 Å². The molecule has 0 fully saturated rings. The highest BCUT2D eigenvalue weighted by atomic mass is 16.5. The topological polar surface area (TPSA) is 63.0 Å². The molecule has 0 aromatic carbocycles. The van der Waals surface area contributed by atoms with Crippen LogP contribution in [0.3, 0.4) is 0 Å². The van der Waals surface area contributed by atoms with Crippen LogP contribution in [-0.2, 0) is 4.74 Å². The molecule has 82 valence electrons. The normalized spacial score (nSPS) is 10.1. The van der Waals surface area contributed by atoms with E-state index in [1.54, 1.807) is 25.3 Å². The summed E-state index contributed by atoms with van der Waals surface area (Å²) < 4.78 is 4.59. The molecular formula is C12H12N2O2. The summed E-state index contributed by atoms with van der Waals surface area (Å²) in [5.74, 6) is -0.440. The van der Waals surface area contributed by atoms with E-state index in [1.165, 1.54) is 7.11 Å². The lowest BCUT2D eigenvalue weighted by atomic mass is 10.1. The molecule has 0 bridgehead atoms. The first kappa shape index (κ1) is 11.9. The molecule has 0 aliphatic rings. The van der Waals surface area contributed by atoms with E-state index in [4.69, 9.17) is 5.26 Å². The van der Waals surface area contributed by atoms with Crippen molar-refractivity contribution in [3.63, 3.8) is 0 Å². The van der Waals surface area contributed by atoms with Crippen molar-refractivity contribution in [3.05, 3.63) is 35.2 Å². The van der Waals surface area contributed by atoms with Gasteiger partial charge in [-0.25, -0.2) is 9.78 Å². The monoisotopic (exact) mass is 216 g/mol. The highest BCUT2D eigenvalue weighted by Gasteiger charge is 2.10.